The lowest BCUT2D eigenvalue weighted by atomic mass is 10.2. The summed E-state index contributed by atoms with van der Waals surface area (Å²) in [6, 6.07) is 2.19. The van der Waals surface area contributed by atoms with Crippen LogP contribution in [0.15, 0.2) is 6.07 Å². The van der Waals surface area contributed by atoms with Gasteiger partial charge in [-0.1, -0.05) is 6.92 Å². The third kappa shape index (κ3) is 3.83. The van der Waals surface area contributed by atoms with Crippen LogP contribution in [0.2, 0.25) is 0 Å². The molecule has 0 radical (unpaired) electrons. The predicted molar refractivity (Wildman–Crippen MR) is 60.9 cm³/mol. The van der Waals surface area contributed by atoms with E-state index in [2.05, 4.69) is 22.2 Å². The maximum atomic E-state index is 8.80. The van der Waals surface area contributed by atoms with Gasteiger partial charge in [-0.05, 0) is 26.7 Å². The number of hydrogen-bond donors (Lipinski definition) is 2. The molecule has 0 fully saturated rings. The summed E-state index contributed by atoms with van der Waals surface area (Å²) in [6.07, 6.45) is 1.64. The fourth-order valence-electron chi connectivity index (χ4n) is 1.40. The van der Waals surface area contributed by atoms with Crippen LogP contribution in [0.3, 0.4) is 0 Å². The standard InChI is InChI=1S/C11H19N3O/c1-4-10-7-11(14-9(3)13-10)12-8(2)5-6-15/h7-8,15H,4-6H2,1-3H3,(H,12,13,14). The molecule has 1 atom stereocenters. The lowest BCUT2D eigenvalue weighted by Crippen LogP contribution is -2.18. The Bertz CT molecular complexity index is 315. The Labute approximate surface area is 90.8 Å². The van der Waals surface area contributed by atoms with Gasteiger partial charge in [-0.25, -0.2) is 9.97 Å². The van der Waals surface area contributed by atoms with E-state index < -0.39 is 0 Å². The van der Waals surface area contributed by atoms with Crippen LogP contribution in [0.1, 0.15) is 31.8 Å². The molecule has 1 unspecified atom stereocenters. The van der Waals surface area contributed by atoms with E-state index >= 15 is 0 Å². The van der Waals surface area contributed by atoms with Crippen LogP contribution < -0.4 is 5.32 Å². The minimum absolute atomic E-state index is 0.193. The summed E-state index contributed by atoms with van der Waals surface area (Å²) in [7, 11) is 0. The highest BCUT2D eigenvalue weighted by Crippen LogP contribution is 2.09. The van der Waals surface area contributed by atoms with Crippen molar-refractivity contribution in [3.8, 4) is 0 Å². The monoisotopic (exact) mass is 209 g/mol. The van der Waals surface area contributed by atoms with Crippen LogP contribution >= 0.6 is 0 Å². The molecule has 4 heteroatoms. The van der Waals surface area contributed by atoms with Crippen LogP contribution in [0, 0.1) is 6.92 Å². The van der Waals surface area contributed by atoms with E-state index in [1.54, 1.807) is 0 Å². The van der Waals surface area contributed by atoms with Gasteiger partial charge in [0.1, 0.15) is 11.6 Å². The maximum absolute atomic E-state index is 8.80. The third-order valence-corrected chi connectivity index (χ3v) is 2.21. The smallest absolute Gasteiger partial charge is 0.130 e. The van der Waals surface area contributed by atoms with Crippen LogP contribution in [-0.4, -0.2) is 27.7 Å². The minimum Gasteiger partial charge on any atom is -0.396 e. The van der Waals surface area contributed by atoms with E-state index in [0.717, 1.165) is 30.2 Å². The molecule has 0 aliphatic rings. The van der Waals surface area contributed by atoms with Crippen molar-refractivity contribution in [2.24, 2.45) is 0 Å². The first-order valence-electron chi connectivity index (χ1n) is 5.37. The molecule has 1 heterocycles. The van der Waals surface area contributed by atoms with Gasteiger partial charge >= 0.3 is 0 Å². The minimum atomic E-state index is 0.193. The van der Waals surface area contributed by atoms with Crippen LogP contribution in [0.5, 0.6) is 0 Å². The van der Waals surface area contributed by atoms with Crippen molar-refractivity contribution in [2.75, 3.05) is 11.9 Å². The Morgan fingerprint density at radius 1 is 1.47 bits per heavy atom. The fourth-order valence-corrected chi connectivity index (χ4v) is 1.40. The van der Waals surface area contributed by atoms with Crippen LogP contribution in [0.25, 0.3) is 0 Å². The van der Waals surface area contributed by atoms with Gasteiger partial charge in [-0.15, -0.1) is 0 Å². The number of rotatable bonds is 5. The van der Waals surface area contributed by atoms with E-state index in [-0.39, 0.29) is 12.6 Å². The Morgan fingerprint density at radius 3 is 2.80 bits per heavy atom. The number of aryl methyl sites for hydroxylation is 2. The molecule has 1 rings (SSSR count). The first-order valence-corrected chi connectivity index (χ1v) is 5.37. The van der Waals surface area contributed by atoms with Gasteiger partial charge in [0.2, 0.25) is 0 Å². The first-order chi connectivity index (χ1) is 7.15. The van der Waals surface area contributed by atoms with E-state index in [1.165, 1.54) is 0 Å². The van der Waals surface area contributed by atoms with E-state index in [0.29, 0.717) is 0 Å². The number of aliphatic hydroxyl groups is 1. The summed E-state index contributed by atoms with van der Waals surface area (Å²) < 4.78 is 0. The zero-order chi connectivity index (χ0) is 11.3. The second kappa shape index (κ2) is 5.66. The number of hydrogen-bond acceptors (Lipinski definition) is 4. The number of aromatic nitrogens is 2. The highest BCUT2D eigenvalue weighted by Gasteiger charge is 2.04. The summed E-state index contributed by atoms with van der Waals surface area (Å²) in [4.78, 5) is 8.61. The largest absolute Gasteiger partial charge is 0.396 e. The van der Waals surface area contributed by atoms with Crippen molar-refractivity contribution in [1.29, 1.82) is 0 Å². The fraction of sp³-hybridized carbons (Fsp3) is 0.636. The summed E-state index contributed by atoms with van der Waals surface area (Å²) in [5.41, 5.74) is 1.04. The van der Waals surface area contributed by atoms with Gasteiger partial charge in [0.15, 0.2) is 0 Å². The van der Waals surface area contributed by atoms with Gasteiger partial charge in [0.25, 0.3) is 0 Å². The highest BCUT2D eigenvalue weighted by atomic mass is 16.3. The molecule has 1 aromatic rings. The third-order valence-electron chi connectivity index (χ3n) is 2.21. The molecule has 0 aromatic carbocycles. The molecule has 0 amide bonds. The second-order valence-electron chi connectivity index (χ2n) is 3.70. The Kier molecular flexibility index (Phi) is 4.49. The molecule has 15 heavy (non-hydrogen) atoms. The molecule has 0 aliphatic heterocycles. The van der Waals surface area contributed by atoms with Gasteiger partial charge in [0, 0.05) is 24.4 Å². The highest BCUT2D eigenvalue weighted by molar-refractivity contribution is 5.36. The van der Waals surface area contributed by atoms with Crippen molar-refractivity contribution in [3.63, 3.8) is 0 Å². The SMILES string of the molecule is CCc1cc(NC(C)CCO)nc(C)n1. The lowest BCUT2D eigenvalue weighted by Gasteiger charge is -2.13. The van der Waals surface area contributed by atoms with Crippen molar-refractivity contribution in [1.82, 2.24) is 9.97 Å². The molecule has 0 aliphatic carbocycles. The molecular formula is C11H19N3O. The molecule has 0 bridgehead atoms. The summed E-state index contributed by atoms with van der Waals surface area (Å²) in [6.45, 7) is 6.18. The molecule has 2 N–H and O–H groups in total. The van der Waals surface area contributed by atoms with E-state index in [9.17, 15) is 0 Å². The van der Waals surface area contributed by atoms with Crippen molar-refractivity contribution in [3.05, 3.63) is 17.6 Å². The molecule has 84 valence electrons. The summed E-state index contributed by atoms with van der Waals surface area (Å²) in [5, 5.41) is 12.0. The Morgan fingerprint density at radius 2 is 2.20 bits per heavy atom. The zero-order valence-corrected chi connectivity index (χ0v) is 9.62. The van der Waals surface area contributed by atoms with Gasteiger partial charge in [0.05, 0.1) is 0 Å². The van der Waals surface area contributed by atoms with E-state index in [4.69, 9.17) is 5.11 Å². The Balaban J connectivity index is 2.71. The second-order valence-corrected chi connectivity index (χ2v) is 3.70. The molecule has 4 nitrogen and oxygen atoms in total. The topological polar surface area (TPSA) is 58.0 Å². The van der Waals surface area contributed by atoms with Gasteiger partial charge < -0.3 is 10.4 Å². The predicted octanol–water partition coefficient (Wildman–Crippen LogP) is 1.53. The average Bonchev–Trinajstić information content (AvgIpc) is 2.17. The normalized spacial score (nSPS) is 12.5. The maximum Gasteiger partial charge on any atom is 0.130 e. The lowest BCUT2D eigenvalue weighted by molar-refractivity contribution is 0.282. The average molecular weight is 209 g/mol. The first kappa shape index (κ1) is 11.9. The number of aliphatic hydroxyl groups excluding tert-OH is 1. The zero-order valence-electron chi connectivity index (χ0n) is 9.62. The Hall–Kier alpha value is -1.16. The van der Waals surface area contributed by atoms with Crippen LogP contribution in [0.4, 0.5) is 5.82 Å². The number of nitrogens with one attached hydrogen (secondary N) is 1. The molecule has 0 saturated heterocycles. The van der Waals surface area contributed by atoms with Gasteiger partial charge in [-0.2, -0.15) is 0 Å². The molecule has 0 spiro atoms. The van der Waals surface area contributed by atoms with E-state index in [1.807, 2.05) is 19.9 Å². The number of nitrogens with zero attached hydrogens (tertiary/aromatic N) is 2. The van der Waals surface area contributed by atoms with Crippen molar-refractivity contribution >= 4 is 5.82 Å². The molecular weight excluding hydrogens is 190 g/mol. The number of anilines is 1. The van der Waals surface area contributed by atoms with Crippen molar-refractivity contribution in [2.45, 2.75) is 39.7 Å². The van der Waals surface area contributed by atoms with Crippen LogP contribution in [-0.2, 0) is 6.42 Å². The molecule has 0 saturated carbocycles. The van der Waals surface area contributed by atoms with Gasteiger partial charge in [-0.3, -0.25) is 0 Å². The molecule has 1 aromatic heterocycles. The summed E-state index contributed by atoms with van der Waals surface area (Å²) in [5.74, 6) is 1.63. The quantitative estimate of drug-likeness (QED) is 0.772. The van der Waals surface area contributed by atoms with Crippen molar-refractivity contribution < 1.29 is 5.11 Å². The summed E-state index contributed by atoms with van der Waals surface area (Å²) >= 11 is 0.